The van der Waals surface area contributed by atoms with Crippen molar-refractivity contribution in [1.29, 1.82) is 0 Å². The molecule has 0 spiro atoms. The van der Waals surface area contributed by atoms with Gasteiger partial charge in [-0.15, -0.1) is 0 Å². The molecule has 0 saturated carbocycles. The molecule has 5 heteroatoms. The largest absolute Gasteiger partial charge is 0.507 e. The highest BCUT2D eigenvalue weighted by Gasteiger charge is 2.04. The summed E-state index contributed by atoms with van der Waals surface area (Å²) < 4.78 is 5.30. The van der Waals surface area contributed by atoms with E-state index in [1.54, 1.807) is 48.5 Å². The van der Waals surface area contributed by atoms with E-state index in [1.807, 2.05) is 6.92 Å². The van der Waals surface area contributed by atoms with Crippen molar-refractivity contribution in [2.75, 3.05) is 6.61 Å². The molecule has 2 aromatic rings. The number of carbonyl (C=O) groups is 1. The summed E-state index contributed by atoms with van der Waals surface area (Å²) in [5, 5.41) is 13.4. The third kappa shape index (κ3) is 4.07. The van der Waals surface area contributed by atoms with Gasteiger partial charge in [0, 0.05) is 11.1 Å². The molecule has 0 bridgehead atoms. The van der Waals surface area contributed by atoms with E-state index in [0.29, 0.717) is 23.5 Å². The molecule has 108 valence electrons. The molecule has 1 amide bonds. The lowest BCUT2D eigenvalue weighted by molar-refractivity contribution is 0.0955. The maximum absolute atomic E-state index is 11.9. The van der Waals surface area contributed by atoms with Gasteiger partial charge < -0.3 is 9.84 Å². The first-order valence-corrected chi connectivity index (χ1v) is 6.55. The van der Waals surface area contributed by atoms with Crippen LogP contribution in [0.5, 0.6) is 11.5 Å². The normalized spacial score (nSPS) is 10.5. The Labute approximate surface area is 122 Å². The van der Waals surface area contributed by atoms with Crippen LogP contribution in [0.1, 0.15) is 22.8 Å². The molecule has 21 heavy (non-hydrogen) atoms. The van der Waals surface area contributed by atoms with E-state index in [2.05, 4.69) is 10.5 Å². The third-order valence-electron chi connectivity index (χ3n) is 2.73. The van der Waals surface area contributed by atoms with Crippen LogP contribution in [0.2, 0.25) is 0 Å². The summed E-state index contributed by atoms with van der Waals surface area (Å²) in [7, 11) is 0. The summed E-state index contributed by atoms with van der Waals surface area (Å²) >= 11 is 0. The van der Waals surface area contributed by atoms with Crippen molar-refractivity contribution in [2.24, 2.45) is 5.10 Å². The van der Waals surface area contributed by atoms with Crippen LogP contribution in [0.3, 0.4) is 0 Å². The molecule has 0 saturated heterocycles. The van der Waals surface area contributed by atoms with Crippen LogP contribution in [0.4, 0.5) is 0 Å². The van der Waals surface area contributed by atoms with E-state index >= 15 is 0 Å². The highest BCUT2D eigenvalue weighted by atomic mass is 16.5. The third-order valence-corrected chi connectivity index (χ3v) is 2.73. The van der Waals surface area contributed by atoms with Gasteiger partial charge in [-0.3, -0.25) is 4.79 Å². The molecule has 0 heterocycles. The van der Waals surface area contributed by atoms with E-state index in [9.17, 15) is 9.90 Å². The number of ether oxygens (including phenoxy) is 1. The van der Waals surface area contributed by atoms with Crippen LogP contribution in [0.25, 0.3) is 0 Å². The predicted molar refractivity (Wildman–Crippen MR) is 80.8 cm³/mol. The lowest BCUT2D eigenvalue weighted by atomic mass is 10.2. The van der Waals surface area contributed by atoms with Crippen molar-refractivity contribution in [3.8, 4) is 11.5 Å². The molecule has 0 aliphatic rings. The summed E-state index contributed by atoms with van der Waals surface area (Å²) in [5.74, 6) is 0.494. The lowest BCUT2D eigenvalue weighted by Crippen LogP contribution is -2.17. The number of hydrogen-bond acceptors (Lipinski definition) is 4. The summed E-state index contributed by atoms with van der Waals surface area (Å²) in [6.45, 7) is 2.48. The zero-order valence-electron chi connectivity index (χ0n) is 11.6. The predicted octanol–water partition coefficient (Wildman–Crippen LogP) is 2.55. The second-order valence-electron chi connectivity index (χ2n) is 4.22. The molecule has 0 atom stereocenters. The molecular weight excluding hydrogens is 268 g/mol. The number of benzene rings is 2. The summed E-state index contributed by atoms with van der Waals surface area (Å²) in [4.78, 5) is 11.9. The Hall–Kier alpha value is -2.82. The molecule has 5 nitrogen and oxygen atoms in total. The molecule has 0 fully saturated rings. The molecule has 0 radical (unpaired) electrons. The van der Waals surface area contributed by atoms with Gasteiger partial charge in [-0.1, -0.05) is 12.1 Å². The minimum absolute atomic E-state index is 0.108. The lowest BCUT2D eigenvalue weighted by Gasteiger charge is -2.04. The fourth-order valence-corrected chi connectivity index (χ4v) is 1.69. The van der Waals surface area contributed by atoms with Crippen molar-refractivity contribution in [1.82, 2.24) is 5.43 Å². The quantitative estimate of drug-likeness (QED) is 0.654. The smallest absolute Gasteiger partial charge is 0.271 e. The first-order chi connectivity index (χ1) is 10.2. The number of nitrogens with one attached hydrogen (secondary N) is 1. The number of rotatable bonds is 5. The first kappa shape index (κ1) is 14.6. The van der Waals surface area contributed by atoms with Gasteiger partial charge in [0.2, 0.25) is 0 Å². The number of para-hydroxylation sites is 1. The van der Waals surface area contributed by atoms with Crippen LogP contribution in [0.15, 0.2) is 53.6 Å². The number of amides is 1. The molecule has 2 aromatic carbocycles. The summed E-state index contributed by atoms with van der Waals surface area (Å²) in [6, 6.07) is 13.5. The first-order valence-electron chi connectivity index (χ1n) is 6.55. The molecule has 0 aromatic heterocycles. The van der Waals surface area contributed by atoms with Gasteiger partial charge in [-0.25, -0.2) is 5.43 Å². The van der Waals surface area contributed by atoms with Gasteiger partial charge in [0.25, 0.3) is 5.91 Å². The fraction of sp³-hybridized carbons (Fsp3) is 0.125. The Balaban J connectivity index is 1.97. The number of phenolic OH excluding ortho intramolecular Hbond substituents is 1. The maximum atomic E-state index is 11.9. The number of aromatic hydroxyl groups is 1. The Bertz CT molecular complexity index is 636. The monoisotopic (exact) mass is 284 g/mol. The Morgan fingerprint density at radius 2 is 1.95 bits per heavy atom. The van der Waals surface area contributed by atoms with Gasteiger partial charge in [0.15, 0.2) is 0 Å². The zero-order chi connectivity index (χ0) is 15.1. The standard InChI is InChI=1S/C16H16N2O3/c1-2-21-14-9-7-12(8-10-14)16(20)18-17-11-13-5-3-4-6-15(13)19/h3-11,19H,2H2,1H3,(H,18,20). The van der Waals surface area contributed by atoms with Crippen molar-refractivity contribution < 1.29 is 14.6 Å². The minimum Gasteiger partial charge on any atom is -0.507 e. The van der Waals surface area contributed by atoms with E-state index in [1.165, 1.54) is 6.21 Å². The fourth-order valence-electron chi connectivity index (χ4n) is 1.69. The molecular formula is C16H16N2O3. The Kier molecular flexibility index (Phi) is 4.93. The van der Waals surface area contributed by atoms with E-state index < -0.39 is 0 Å². The average molecular weight is 284 g/mol. The number of hydrogen-bond donors (Lipinski definition) is 2. The van der Waals surface area contributed by atoms with Crippen LogP contribution in [-0.2, 0) is 0 Å². The van der Waals surface area contributed by atoms with E-state index in [4.69, 9.17) is 4.74 Å². The number of carbonyl (C=O) groups excluding carboxylic acids is 1. The van der Waals surface area contributed by atoms with E-state index in [-0.39, 0.29) is 11.7 Å². The number of nitrogens with zero attached hydrogens (tertiary/aromatic N) is 1. The van der Waals surface area contributed by atoms with Crippen molar-refractivity contribution in [2.45, 2.75) is 6.92 Å². The van der Waals surface area contributed by atoms with Crippen molar-refractivity contribution in [3.63, 3.8) is 0 Å². The number of hydrazone groups is 1. The second-order valence-corrected chi connectivity index (χ2v) is 4.22. The van der Waals surface area contributed by atoms with Crippen LogP contribution >= 0.6 is 0 Å². The molecule has 2 rings (SSSR count). The topological polar surface area (TPSA) is 70.9 Å². The summed E-state index contributed by atoms with van der Waals surface area (Å²) in [5.41, 5.74) is 3.42. The van der Waals surface area contributed by atoms with Crippen LogP contribution < -0.4 is 10.2 Å². The highest BCUT2D eigenvalue weighted by Crippen LogP contribution is 2.13. The van der Waals surface area contributed by atoms with Crippen molar-refractivity contribution in [3.05, 3.63) is 59.7 Å². The average Bonchev–Trinajstić information content (AvgIpc) is 2.50. The zero-order valence-corrected chi connectivity index (χ0v) is 11.6. The van der Waals surface area contributed by atoms with E-state index in [0.717, 1.165) is 0 Å². The molecule has 0 unspecified atom stereocenters. The van der Waals surface area contributed by atoms with Gasteiger partial charge in [0.1, 0.15) is 11.5 Å². The second kappa shape index (κ2) is 7.09. The molecule has 0 aliphatic carbocycles. The number of phenols is 1. The van der Waals surface area contributed by atoms with Crippen LogP contribution in [0, 0.1) is 0 Å². The van der Waals surface area contributed by atoms with Gasteiger partial charge in [0.05, 0.1) is 12.8 Å². The van der Waals surface area contributed by atoms with Crippen molar-refractivity contribution >= 4 is 12.1 Å². The SMILES string of the molecule is CCOc1ccc(C(=O)NN=Cc2ccccc2O)cc1. The molecule has 0 aliphatic heterocycles. The van der Waals surface area contributed by atoms with Gasteiger partial charge in [-0.2, -0.15) is 5.10 Å². The van der Waals surface area contributed by atoms with Gasteiger partial charge in [-0.05, 0) is 43.3 Å². The highest BCUT2D eigenvalue weighted by molar-refractivity contribution is 5.95. The van der Waals surface area contributed by atoms with Crippen LogP contribution in [-0.4, -0.2) is 23.8 Å². The Morgan fingerprint density at radius 3 is 2.62 bits per heavy atom. The Morgan fingerprint density at radius 1 is 1.24 bits per heavy atom. The minimum atomic E-state index is -0.329. The maximum Gasteiger partial charge on any atom is 0.271 e. The summed E-state index contributed by atoms with van der Waals surface area (Å²) in [6.07, 6.45) is 1.39. The van der Waals surface area contributed by atoms with Gasteiger partial charge >= 0.3 is 0 Å². The molecule has 2 N–H and O–H groups in total.